The normalized spacial score (nSPS) is 9.83. The van der Waals surface area contributed by atoms with Crippen molar-refractivity contribution in [2.24, 2.45) is 0 Å². The van der Waals surface area contributed by atoms with Gasteiger partial charge < -0.3 is 4.74 Å². The molecule has 0 spiro atoms. The highest BCUT2D eigenvalue weighted by molar-refractivity contribution is 6.32. The Morgan fingerprint density at radius 1 is 1.11 bits per heavy atom. The van der Waals surface area contributed by atoms with Gasteiger partial charge in [0.2, 0.25) is 0 Å². The molecule has 3 nitrogen and oxygen atoms in total. The summed E-state index contributed by atoms with van der Waals surface area (Å²) < 4.78 is 5.14. The number of ether oxygens (including phenoxy) is 1. The quantitative estimate of drug-likeness (QED) is 0.483. The van der Waals surface area contributed by atoms with Gasteiger partial charge in [0, 0.05) is 5.56 Å². The van der Waals surface area contributed by atoms with E-state index in [4.69, 9.17) is 16.3 Å². The molecule has 2 aromatic rings. The highest BCUT2D eigenvalue weighted by atomic mass is 35.5. The molecule has 4 heteroatoms. The van der Waals surface area contributed by atoms with Crippen LogP contribution in [0.1, 0.15) is 20.7 Å². The van der Waals surface area contributed by atoms with Crippen molar-refractivity contribution in [1.82, 2.24) is 0 Å². The Kier molecular flexibility index (Phi) is 3.75. The lowest BCUT2D eigenvalue weighted by Crippen LogP contribution is -2.08. The Morgan fingerprint density at radius 2 is 1.83 bits per heavy atom. The third kappa shape index (κ3) is 2.76. The highest BCUT2D eigenvalue weighted by Crippen LogP contribution is 2.25. The van der Waals surface area contributed by atoms with Crippen LogP contribution in [0.25, 0.3) is 0 Å². The second-order valence-electron chi connectivity index (χ2n) is 3.56. The van der Waals surface area contributed by atoms with Gasteiger partial charge in [-0.2, -0.15) is 0 Å². The number of carbonyl (C=O) groups excluding carboxylic acids is 2. The molecule has 0 radical (unpaired) electrons. The minimum absolute atomic E-state index is 0.226. The second-order valence-corrected chi connectivity index (χ2v) is 3.97. The highest BCUT2D eigenvalue weighted by Gasteiger charge is 2.10. The third-order valence-electron chi connectivity index (χ3n) is 2.30. The summed E-state index contributed by atoms with van der Waals surface area (Å²) in [5, 5.41) is 0.226. The molecular weight excluding hydrogens is 252 g/mol. The van der Waals surface area contributed by atoms with Crippen LogP contribution in [0.2, 0.25) is 5.02 Å². The van der Waals surface area contributed by atoms with Gasteiger partial charge in [-0.15, -0.1) is 0 Å². The van der Waals surface area contributed by atoms with E-state index >= 15 is 0 Å². The summed E-state index contributed by atoms with van der Waals surface area (Å²) in [7, 11) is 0. The van der Waals surface area contributed by atoms with Crippen LogP contribution < -0.4 is 4.74 Å². The maximum absolute atomic E-state index is 11.8. The van der Waals surface area contributed by atoms with Crippen LogP contribution in [0.5, 0.6) is 5.75 Å². The standard InChI is InChI=1S/C14H9ClO3/c15-12-8-10(9-16)6-7-13(12)18-14(17)11-4-2-1-3-5-11/h1-9H. The summed E-state index contributed by atoms with van der Waals surface area (Å²) in [5.74, 6) is -0.257. The van der Waals surface area contributed by atoms with Crippen LogP contribution in [-0.2, 0) is 0 Å². The van der Waals surface area contributed by atoms with Crippen molar-refractivity contribution in [2.75, 3.05) is 0 Å². The van der Waals surface area contributed by atoms with Gasteiger partial charge in [-0.05, 0) is 30.3 Å². The molecule has 0 saturated heterocycles. The maximum atomic E-state index is 11.8. The topological polar surface area (TPSA) is 43.4 Å². The van der Waals surface area contributed by atoms with Crippen LogP contribution in [-0.4, -0.2) is 12.3 Å². The molecule has 2 aromatic carbocycles. The molecule has 0 aliphatic heterocycles. The summed E-state index contributed by atoms with van der Waals surface area (Å²) >= 11 is 5.90. The molecule has 0 bridgehead atoms. The number of aldehydes is 1. The Bertz CT molecular complexity index is 579. The van der Waals surface area contributed by atoms with E-state index in [2.05, 4.69) is 0 Å². The molecule has 2 rings (SSSR count). The maximum Gasteiger partial charge on any atom is 0.343 e. The molecule has 0 N–H and O–H groups in total. The van der Waals surface area contributed by atoms with Gasteiger partial charge >= 0.3 is 5.97 Å². The van der Waals surface area contributed by atoms with Crippen LogP contribution in [0, 0.1) is 0 Å². The fourth-order valence-corrected chi connectivity index (χ4v) is 1.63. The fraction of sp³-hybridized carbons (Fsp3) is 0. The van der Waals surface area contributed by atoms with Crippen LogP contribution >= 0.6 is 11.6 Å². The number of rotatable bonds is 3. The Labute approximate surface area is 109 Å². The first-order valence-electron chi connectivity index (χ1n) is 5.22. The van der Waals surface area contributed by atoms with E-state index in [1.54, 1.807) is 24.3 Å². The lowest BCUT2D eigenvalue weighted by molar-refractivity contribution is 0.0735. The molecule has 0 fully saturated rings. The minimum atomic E-state index is -0.489. The molecule has 0 aliphatic carbocycles. The van der Waals surface area contributed by atoms with Crippen molar-refractivity contribution in [3.63, 3.8) is 0 Å². The lowest BCUT2D eigenvalue weighted by atomic mass is 10.2. The summed E-state index contributed by atoms with van der Waals surface area (Å²) in [6, 6.07) is 13.1. The van der Waals surface area contributed by atoms with E-state index < -0.39 is 5.97 Å². The fourth-order valence-electron chi connectivity index (χ4n) is 1.41. The number of halogens is 1. The first kappa shape index (κ1) is 12.3. The van der Waals surface area contributed by atoms with Crippen molar-refractivity contribution in [2.45, 2.75) is 0 Å². The van der Waals surface area contributed by atoms with Gasteiger partial charge in [0.1, 0.15) is 12.0 Å². The summed E-state index contributed by atoms with van der Waals surface area (Å²) in [5.41, 5.74) is 0.868. The van der Waals surface area contributed by atoms with Gasteiger partial charge in [0.05, 0.1) is 10.6 Å². The molecule has 0 aliphatic rings. The summed E-state index contributed by atoms with van der Waals surface area (Å²) in [4.78, 5) is 22.3. The van der Waals surface area contributed by atoms with Gasteiger partial charge in [-0.25, -0.2) is 4.79 Å². The zero-order valence-electron chi connectivity index (χ0n) is 9.30. The largest absolute Gasteiger partial charge is 0.421 e. The Balaban J connectivity index is 2.20. The third-order valence-corrected chi connectivity index (χ3v) is 2.60. The zero-order chi connectivity index (χ0) is 13.0. The van der Waals surface area contributed by atoms with E-state index in [1.165, 1.54) is 18.2 Å². The van der Waals surface area contributed by atoms with E-state index in [0.717, 1.165) is 0 Å². The van der Waals surface area contributed by atoms with E-state index in [-0.39, 0.29) is 10.8 Å². The lowest BCUT2D eigenvalue weighted by Gasteiger charge is -2.06. The smallest absolute Gasteiger partial charge is 0.343 e. The number of hydrogen-bond donors (Lipinski definition) is 0. The van der Waals surface area contributed by atoms with E-state index in [0.29, 0.717) is 17.4 Å². The zero-order valence-corrected chi connectivity index (χ0v) is 10.1. The van der Waals surface area contributed by atoms with Gasteiger partial charge in [0.15, 0.2) is 0 Å². The molecule has 0 amide bonds. The van der Waals surface area contributed by atoms with Crippen LogP contribution in [0.15, 0.2) is 48.5 Å². The first-order valence-corrected chi connectivity index (χ1v) is 5.60. The van der Waals surface area contributed by atoms with E-state index in [1.807, 2.05) is 6.07 Å². The number of carbonyl (C=O) groups is 2. The predicted molar refractivity (Wildman–Crippen MR) is 68.2 cm³/mol. The second kappa shape index (κ2) is 5.47. The average Bonchev–Trinajstić information content (AvgIpc) is 2.42. The number of hydrogen-bond acceptors (Lipinski definition) is 3. The first-order chi connectivity index (χ1) is 8.70. The van der Waals surface area contributed by atoms with Gasteiger partial charge in [-0.1, -0.05) is 29.8 Å². The van der Waals surface area contributed by atoms with Crippen molar-refractivity contribution >= 4 is 23.9 Å². The van der Waals surface area contributed by atoms with E-state index in [9.17, 15) is 9.59 Å². The van der Waals surface area contributed by atoms with Crippen LogP contribution in [0.4, 0.5) is 0 Å². The predicted octanol–water partition coefficient (Wildman–Crippen LogP) is 3.37. The SMILES string of the molecule is O=Cc1ccc(OC(=O)c2ccccc2)c(Cl)c1. The molecule has 0 atom stereocenters. The van der Waals surface area contributed by atoms with Gasteiger partial charge in [0.25, 0.3) is 0 Å². The molecular formula is C14H9ClO3. The summed E-state index contributed by atoms with van der Waals surface area (Å²) in [6.07, 6.45) is 0.675. The molecule has 0 unspecified atom stereocenters. The van der Waals surface area contributed by atoms with Crippen molar-refractivity contribution in [1.29, 1.82) is 0 Å². The Hall–Kier alpha value is -2.13. The number of esters is 1. The van der Waals surface area contributed by atoms with Gasteiger partial charge in [-0.3, -0.25) is 4.79 Å². The average molecular weight is 261 g/mol. The molecule has 0 saturated carbocycles. The molecule has 0 heterocycles. The Morgan fingerprint density at radius 3 is 2.44 bits per heavy atom. The summed E-state index contributed by atoms with van der Waals surface area (Å²) in [6.45, 7) is 0. The minimum Gasteiger partial charge on any atom is -0.421 e. The molecule has 18 heavy (non-hydrogen) atoms. The van der Waals surface area contributed by atoms with Crippen molar-refractivity contribution < 1.29 is 14.3 Å². The number of benzene rings is 2. The van der Waals surface area contributed by atoms with Crippen molar-refractivity contribution in [3.05, 3.63) is 64.7 Å². The monoisotopic (exact) mass is 260 g/mol. The van der Waals surface area contributed by atoms with Crippen LogP contribution in [0.3, 0.4) is 0 Å². The molecule has 90 valence electrons. The van der Waals surface area contributed by atoms with Crippen molar-refractivity contribution in [3.8, 4) is 5.75 Å². The molecule has 0 aromatic heterocycles.